The maximum atomic E-state index is 10.7. The summed E-state index contributed by atoms with van der Waals surface area (Å²) in [6.45, 7) is 10.8. The summed E-state index contributed by atoms with van der Waals surface area (Å²) in [6.07, 6.45) is 4.46. The fourth-order valence-corrected chi connectivity index (χ4v) is 1.05. The fraction of sp³-hybridized carbons (Fsp3) is 0.867. The van der Waals surface area contributed by atoms with E-state index < -0.39 is 0 Å². The molecule has 114 valence electrons. The highest BCUT2D eigenvalue weighted by atomic mass is 16.5. The van der Waals surface area contributed by atoms with Crippen LogP contribution in [0.4, 0.5) is 0 Å². The first kappa shape index (κ1) is 20.3. The van der Waals surface area contributed by atoms with Crippen molar-refractivity contribution in [2.45, 2.75) is 66.7 Å². The molecule has 0 N–H and O–H groups in total. The van der Waals surface area contributed by atoms with Crippen LogP contribution in [0.1, 0.15) is 66.7 Å². The molecule has 0 radical (unpaired) electrons. The van der Waals surface area contributed by atoms with Gasteiger partial charge in [0.25, 0.3) is 0 Å². The van der Waals surface area contributed by atoms with E-state index in [1.165, 1.54) is 6.92 Å². The highest BCUT2D eigenvalue weighted by Gasteiger charge is 1.98. The minimum atomic E-state index is -0.185. The van der Waals surface area contributed by atoms with Crippen LogP contribution in [0.5, 0.6) is 0 Å². The molecule has 0 fully saturated rings. The molecule has 0 saturated carbocycles. The van der Waals surface area contributed by atoms with Crippen LogP contribution in [0.3, 0.4) is 0 Å². The third-order valence-corrected chi connectivity index (χ3v) is 2.20. The van der Waals surface area contributed by atoms with Crippen LogP contribution in [-0.4, -0.2) is 25.2 Å². The van der Waals surface area contributed by atoms with Gasteiger partial charge in [-0.3, -0.25) is 9.59 Å². The van der Waals surface area contributed by atoms with Gasteiger partial charge in [-0.15, -0.1) is 0 Å². The lowest BCUT2D eigenvalue weighted by molar-refractivity contribution is -0.144. The average molecular weight is 274 g/mol. The molecule has 0 aromatic rings. The van der Waals surface area contributed by atoms with E-state index in [0.29, 0.717) is 25.6 Å². The second-order valence-corrected chi connectivity index (χ2v) is 4.85. The van der Waals surface area contributed by atoms with Gasteiger partial charge in [0.05, 0.1) is 13.2 Å². The van der Waals surface area contributed by atoms with Crippen molar-refractivity contribution in [2.24, 2.45) is 5.92 Å². The highest BCUT2D eigenvalue weighted by molar-refractivity contribution is 5.69. The van der Waals surface area contributed by atoms with E-state index >= 15 is 0 Å². The predicted octanol–water partition coefficient (Wildman–Crippen LogP) is 3.73. The molecule has 19 heavy (non-hydrogen) atoms. The minimum absolute atomic E-state index is 0.0521. The van der Waals surface area contributed by atoms with E-state index in [2.05, 4.69) is 20.8 Å². The molecular weight excluding hydrogens is 244 g/mol. The van der Waals surface area contributed by atoms with Gasteiger partial charge in [0.2, 0.25) is 0 Å². The van der Waals surface area contributed by atoms with Crippen molar-refractivity contribution < 1.29 is 19.1 Å². The molecule has 0 atom stereocenters. The van der Waals surface area contributed by atoms with Crippen molar-refractivity contribution in [1.29, 1.82) is 0 Å². The normalized spacial score (nSPS) is 9.58. The third-order valence-electron chi connectivity index (χ3n) is 2.20. The number of esters is 2. The molecule has 0 aliphatic carbocycles. The standard InChI is InChI=1S/C8H16O2.C7H14O2/c1-3-5-6-8(9)10-7-4-2;1-6(2)4-5-9-7(3)8/h3-7H2,1-2H3;6H,4-5H2,1-3H3. The Hall–Kier alpha value is -1.06. The first-order valence-electron chi connectivity index (χ1n) is 7.22. The Morgan fingerprint density at radius 3 is 2.05 bits per heavy atom. The summed E-state index contributed by atoms with van der Waals surface area (Å²) in [7, 11) is 0. The Kier molecular flexibility index (Phi) is 16.0. The number of unbranched alkanes of at least 4 members (excludes halogenated alkanes) is 1. The summed E-state index contributed by atoms with van der Waals surface area (Å²) < 4.78 is 9.57. The van der Waals surface area contributed by atoms with Gasteiger partial charge < -0.3 is 9.47 Å². The number of carbonyl (C=O) groups excluding carboxylic acids is 2. The SMILES string of the molecule is CC(=O)OCCC(C)C.CCCCC(=O)OCCC. The molecule has 0 bridgehead atoms. The van der Waals surface area contributed by atoms with Crippen molar-refractivity contribution in [3.8, 4) is 0 Å². The summed E-state index contributed by atoms with van der Waals surface area (Å²) in [5.41, 5.74) is 0. The van der Waals surface area contributed by atoms with Crippen molar-refractivity contribution in [3.63, 3.8) is 0 Å². The molecule has 0 aliphatic rings. The quantitative estimate of drug-likeness (QED) is 0.633. The van der Waals surface area contributed by atoms with Gasteiger partial charge in [0.15, 0.2) is 0 Å². The van der Waals surface area contributed by atoms with E-state index in [0.717, 1.165) is 25.7 Å². The lowest BCUT2D eigenvalue weighted by Gasteiger charge is -2.02. The summed E-state index contributed by atoms with van der Waals surface area (Å²) >= 11 is 0. The summed E-state index contributed by atoms with van der Waals surface area (Å²) in [6, 6.07) is 0. The van der Waals surface area contributed by atoms with Crippen LogP contribution in [0, 0.1) is 5.92 Å². The molecule has 0 rings (SSSR count). The molecule has 4 heteroatoms. The maximum absolute atomic E-state index is 10.7. The molecule has 0 saturated heterocycles. The summed E-state index contributed by atoms with van der Waals surface area (Å²) in [5.74, 6) is 0.378. The second-order valence-electron chi connectivity index (χ2n) is 4.85. The first-order chi connectivity index (χ1) is 8.93. The molecule has 0 aliphatic heterocycles. The molecule has 0 aromatic carbocycles. The van der Waals surface area contributed by atoms with Crippen LogP contribution in [0.25, 0.3) is 0 Å². The molecule has 0 spiro atoms. The zero-order valence-corrected chi connectivity index (χ0v) is 13.2. The van der Waals surface area contributed by atoms with Crippen LogP contribution in [-0.2, 0) is 19.1 Å². The third kappa shape index (κ3) is 22.6. The van der Waals surface area contributed by atoms with Gasteiger partial charge in [-0.2, -0.15) is 0 Å². The lowest BCUT2D eigenvalue weighted by Crippen LogP contribution is -2.04. The Morgan fingerprint density at radius 2 is 1.63 bits per heavy atom. The van der Waals surface area contributed by atoms with Gasteiger partial charge in [-0.05, 0) is 25.2 Å². The second kappa shape index (κ2) is 15.0. The largest absolute Gasteiger partial charge is 0.466 e. The van der Waals surface area contributed by atoms with E-state index in [9.17, 15) is 9.59 Å². The number of hydrogen-bond donors (Lipinski definition) is 0. The Bertz CT molecular complexity index is 214. The van der Waals surface area contributed by atoms with Gasteiger partial charge in [0, 0.05) is 13.3 Å². The monoisotopic (exact) mass is 274 g/mol. The summed E-state index contributed by atoms with van der Waals surface area (Å²) in [4.78, 5) is 20.9. The number of ether oxygens (including phenoxy) is 2. The van der Waals surface area contributed by atoms with E-state index in [4.69, 9.17) is 9.47 Å². The predicted molar refractivity (Wildman–Crippen MR) is 76.9 cm³/mol. The van der Waals surface area contributed by atoms with Crippen molar-refractivity contribution in [3.05, 3.63) is 0 Å². The van der Waals surface area contributed by atoms with Crippen molar-refractivity contribution in [1.82, 2.24) is 0 Å². The smallest absolute Gasteiger partial charge is 0.305 e. The summed E-state index contributed by atoms with van der Waals surface area (Å²) in [5, 5.41) is 0. The highest BCUT2D eigenvalue weighted by Crippen LogP contribution is 1.98. The minimum Gasteiger partial charge on any atom is -0.466 e. The van der Waals surface area contributed by atoms with Gasteiger partial charge in [-0.25, -0.2) is 0 Å². The fourth-order valence-electron chi connectivity index (χ4n) is 1.05. The van der Waals surface area contributed by atoms with Crippen LogP contribution in [0.15, 0.2) is 0 Å². The molecule has 4 nitrogen and oxygen atoms in total. The van der Waals surface area contributed by atoms with Gasteiger partial charge in [-0.1, -0.05) is 34.1 Å². The number of carbonyl (C=O) groups is 2. The van der Waals surface area contributed by atoms with E-state index in [-0.39, 0.29) is 11.9 Å². The van der Waals surface area contributed by atoms with Crippen LogP contribution < -0.4 is 0 Å². The number of hydrogen-bond acceptors (Lipinski definition) is 4. The number of rotatable bonds is 8. The van der Waals surface area contributed by atoms with Gasteiger partial charge >= 0.3 is 11.9 Å². The molecular formula is C15H30O4. The molecule has 0 unspecified atom stereocenters. The van der Waals surface area contributed by atoms with Crippen LogP contribution in [0.2, 0.25) is 0 Å². The van der Waals surface area contributed by atoms with Crippen LogP contribution >= 0.6 is 0 Å². The van der Waals surface area contributed by atoms with Crippen molar-refractivity contribution >= 4 is 11.9 Å². The van der Waals surface area contributed by atoms with Gasteiger partial charge in [0.1, 0.15) is 0 Å². The molecule has 0 heterocycles. The topological polar surface area (TPSA) is 52.6 Å². The first-order valence-corrected chi connectivity index (χ1v) is 7.22. The van der Waals surface area contributed by atoms with E-state index in [1.807, 2.05) is 6.92 Å². The Balaban J connectivity index is 0. The average Bonchev–Trinajstić information content (AvgIpc) is 2.33. The Morgan fingerprint density at radius 1 is 1.00 bits per heavy atom. The zero-order valence-electron chi connectivity index (χ0n) is 13.2. The Labute approximate surface area is 117 Å². The van der Waals surface area contributed by atoms with Crippen molar-refractivity contribution in [2.75, 3.05) is 13.2 Å². The van der Waals surface area contributed by atoms with E-state index in [1.54, 1.807) is 0 Å². The zero-order chi connectivity index (χ0) is 15.1. The lowest BCUT2D eigenvalue weighted by atomic mass is 10.1. The maximum Gasteiger partial charge on any atom is 0.305 e. The molecule has 0 aromatic heterocycles. The molecule has 0 amide bonds.